The van der Waals surface area contributed by atoms with Crippen molar-refractivity contribution in [2.75, 3.05) is 13.1 Å². The fourth-order valence-corrected chi connectivity index (χ4v) is 1.39. The van der Waals surface area contributed by atoms with Crippen molar-refractivity contribution in [3.05, 3.63) is 0 Å². The van der Waals surface area contributed by atoms with E-state index < -0.39 is 0 Å². The van der Waals surface area contributed by atoms with Gasteiger partial charge in [-0.25, -0.2) is 0 Å². The van der Waals surface area contributed by atoms with E-state index in [-0.39, 0.29) is 0 Å². The van der Waals surface area contributed by atoms with Crippen molar-refractivity contribution in [2.45, 2.75) is 46.6 Å². The van der Waals surface area contributed by atoms with Crippen LogP contribution >= 0.6 is 0 Å². The Labute approximate surface area is 83.3 Å². The van der Waals surface area contributed by atoms with Crippen molar-refractivity contribution in [3.63, 3.8) is 0 Å². The van der Waals surface area contributed by atoms with E-state index in [2.05, 4.69) is 33.0 Å². The first-order valence-corrected chi connectivity index (χ1v) is 5.51. The van der Waals surface area contributed by atoms with Crippen molar-refractivity contribution in [3.8, 4) is 0 Å². The minimum absolute atomic E-state index is 0.493. The van der Waals surface area contributed by atoms with Crippen molar-refractivity contribution in [1.29, 1.82) is 0 Å². The minimum Gasteiger partial charge on any atom is -0.329 e. The molecule has 3 N–H and O–H groups in total. The Morgan fingerprint density at radius 2 is 1.77 bits per heavy atom. The second kappa shape index (κ2) is 7.34. The molecule has 13 heavy (non-hydrogen) atoms. The maximum absolute atomic E-state index is 5.65. The van der Waals surface area contributed by atoms with Crippen LogP contribution in [0.1, 0.15) is 40.5 Å². The third-order valence-electron chi connectivity index (χ3n) is 2.42. The second-order valence-electron chi connectivity index (χ2n) is 4.58. The molecule has 0 aromatic heterocycles. The standard InChI is InChI=1S/C11H26N2/c1-9(2)6-5-7-13-11(8-12)10(3)4/h9-11,13H,5-8,12H2,1-4H3. The fourth-order valence-electron chi connectivity index (χ4n) is 1.39. The lowest BCUT2D eigenvalue weighted by Gasteiger charge is -2.20. The lowest BCUT2D eigenvalue weighted by atomic mass is 10.0. The van der Waals surface area contributed by atoms with Crippen LogP contribution in [0, 0.1) is 11.8 Å². The van der Waals surface area contributed by atoms with E-state index in [1.54, 1.807) is 0 Å². The predicted molar refractivity (Wildman–Crippen MR) is 59.8 cm³/mol. The van der Waals surface area contributed by atoms with Crippen LogP contribution in [0.3, 0.4) is 0 Å². The van der Waals surface area contributed by atoms with Gasteiger partial charge in [-0.1, -0.05) is 27.7 Å². The summed E-state index contributed by atoms with van der Waals surface area (Å²) in [5.74, 6) is 1.46. The van der Waals surface area contributed by atoms with Gasteiger partial charge in [-0.05, 0) is 31.2 Å². The Balaban J connectivity index is 3.39. The summed E-state index contributed by atoms with van der Waals surface area (Å²) in [7, 11) is 0. The van der Waals surface area contributed by atoms with Crippen LogP contribution in [0.25, 0.3) is 0 Å². The normalized spacial score (nSPS) is 14.1. The van der Waals surface area contributed by atoms with Gasteiger partial charge in [-0.15, -0.1) is 0 Å². The molecule has 0 aliphatic heterocycles. The number of nitrogens with two attached hydrogens (primary N) is 1. The zero-order valence-corrected chi connectivity index (χ0v) is 9.64. The highest BCUT2D eigenvalue weighted by Crippen LogP contribution is 2.04. The van der Waals surface area contributed by atoms with Crippen LogP contribution < -0.4 is 11.1 Å². The van der Waals surface area contributed by atoms with Gasteiger partial charge >= 0.3 is 0 Å². The van der Waals surface area contributed by atoms with Gasteiger partial charge in [-0.3, -0.25) is 0 Å². The van der Waals surface area contributed by atoms with Crippen molar-refractivity contribution < 1.29 is 0 Å². The SMILES string of the molecule is CC(C)CCCNC(CN)C(C)C. The van der Waals surface area contributed by atoms with Crippen LogP contribution in [0.4, 0.5) is 0 Å². The summed E-state index contributed by atoms with van der Waals surface area (Å²) in [4.78, 5) is 0. The van der Waals surface area contributed by atoms with Gasteiger partial charge < -0.3 is 11.1 Å². The molecule has 0 radical (unpaired) electrons. The summed E-state index contributed by atoms with van der Waals surface area (Å²) in [6, 6.07) is 0.493. The summed E-state index contributed by atoms with van der Waals surface area (Å²) < 4.78 is 0. The van der Waals surface area contributed by atoms with Gasteiger partial charge in [0.25, 0.3) is 0 Å². The molecule has 0 aliphatic rings. The zero-order chi connectivity index (χ0) is 10.3. The van der Waals surface area contributed by atoms with Crippen LogP contribution in [0.2, 0.25) is 0 Å². The topological polar surface area (TPSA) is 38.0 Å². The molecule has 0 aromatic carbocycles. The number of nitrogens with one attached hydrogen (secondary N) is 1. The third-order valence-corrected chi connectivity index (χ3v) is 2.42. The van der Waals surface area contributed by atoms with Gasteiger partial charge in [-0.2, -0.15) is 0 Å². The second-order valence-corrected chi connectivity index (χ2v) is 4.58. The van der Waals surface area contributed by atoms with E-state index in [1.165, 1.54) is 12.8 Å². The molecule has 0 aromatic rings. The first-order valence-electron chi connectivity index (χ1n) is 5.51. The molecule has 0 heterocycles. The monoisotopic (exact) mass is 186 g/mol. The molecular weight excluding hydrogens is 160 g/mol. The van der Waals surface area contributed by atoms with Gasteiger partial charge in [0, 0.05) is 12.6 Å². The summed E-state index contributed by atoms with van der Waals surface area (Å²) in [6.45, 7) is 10.8. The molecule has 0 rings (SSSR count). The molecule has 0 aliphatic carbocycles. The van der Waals surface area contributed by atoms with E-state index in [4.69, 9.17) is 5.73 Å². The van der Waals surface area contributed by atoms with E-state index in [9.17, 15) is 0 Å². The maximum Gasteiger partial charge on any atom is 0.0213 e. The van der Waals surface area contributed by atoms with Gasteiger partial charge in [0.1, 0.15) is 0 Å². The van der Waals surface area contributed by atoms with E-state index >= 15 is 0 Å². The highest BCUT2D eigenvalue weighted by molar-refractivity contribution is 4.70. The van der Waals surface area contributed by atoms with E-state index in [0.29, 0.717) is 12.0 Å². The first kappa shape index (κ1) is 12.9. The highest BCUT2D eigenvalue weighted by atomic mass is 14.9. The number of rotatable bonds is 7. The molecule has 80 valence electrons. The predicted octanol–water partition coefficient (Wildman–Crippen LogP) is 2.00. The molecule has 2 heteroatoms. The quantitative estimate of drug-likeness (QED) is 0.597. The average Bonchev–Trinajstić information content (AvgIpc) is 2.03. The molecular formula is C11H26N2. The Hall–Kier alpha value is -0.0800. The van der Waals surface area contributed by atoms with Gasteiger partial charge in [0.15, 0.2) is 0 Å². The molecule has 0 bridgehead atoms. The molecule has 0 spiro atoms. The summed E-state index contributed by atoms with van der Waals surface area (Å²) in [5.41, 5.74) is 5.65. The lowest BCUT2D eigenvalue weighted by Crippen LogP contribution is -2.40. The largest absolute Gasteiger partial charge is 0.329 e. The molecule has 1 unspecified atom stereocenters. The van der Waals surface area contributed by atoms with E-state index in [0.717, 1.165) is 19.0 Å². The van der Waals surface area contributed by atoms with Crippen LogP contribution in [-0.2, 0) is 0 Å². The smallest absolute Gasteiger partial charge is 0.0213 e. The fraction of sp³-hybridized carbons (Fsp3) is 1.00. The molecule has 0 saturated heterocycles. The lowest BCUT2D eigenvalue weighted by molar-refractivity contribution is 0.394. The minimum atomic E-state index is 0.493. The molecule has 2 nitrogen and oxygen atoms in total. The Morgan fingerprint density at radius 3 is 2.15 bits per heavy atom. The molecule has 1 atom stereocenters. The first-order chi connectivity index (χ1) is 6.07. The Bertz CT molecular complexity index is 111. The Kier molecular flexibility index (Phi) is 7.29. The van der Waals surface area contributed by atoms with Crippen LogP contribution in [0.5, 0.6) is 0 Å². The Morgan fingerprint density at radius 1 is 1.15 bits per heavy atom. The van der Waals surface area contributed by atoms with Gasteiger partial charge in [0.2, 0.25) is 0 Å². The number of hydrogen-bond acceptors (Lipinski definition) is 2. The van der Waals surface area contributed by atoms with Crippen LogP contribution in [-0.4, -0.2) is 19.1 Å². The summed E-state index contributed by atoms with van der Waals surface area (Å²) in [6.07, 6.45) is 2.57. The van der Waals surface area contributed by atoms with Crippen molar-refractivity contribution in [1.82, 2.24) is 5.32 Å². The molecule has 0 saturated carbocycles. The van der Waals surface area contributed by atoms with E-state index in [1.807, 2.05) is 0 Å². The van der Waals surface area contributed by atoms with Crippen LogP contribution in [0.15, 0.2) is 0 Å². The highest BCUT2D eigenvalue weighted by Gasteiger charge is 2.09. The zero-order valence-electron chi connectivity index (χ0n) is 9.64. The molecule has 0 amide bonds. The van der Waals surface area contributed by atoms with Crippen molar-refractivity contribution in [2.24, 2.45) is 17.6 Å². The maximum atomic E-state index is 5.65. The van der Waals surface area contributed by atoms with Gasteiger partial charge in [0.05, 0.1) is 0 Å². The third kappa shape index (κ3) is 7.03. The molecule has 0 fully saturated rings. The summed E-state index contributed by atoms with van der Waals surface area (Å²) >= 11 is 0. The van der Waals surface area contributed by atoms with Crippen molar-refractivity contribution >= 4 is 0 Å². The summed E-state index contributed by atoms with van der Waals surface area (Å²) in [5, 5.41) is 3.50. The average molecular weight is 186 g/mol. The number of hydrogen-bond donors (Lipinski definition) is 2.